The second kappa shape index (κ2) is 9.05. The fraction of sp³-hybridized carbons (Fsp3) is 0.500. The number of hydrogen-bond donors (Lipinski definition) is 1. The Morgan fingerprint density at radius 3 is 2.52 bits per heavy atom. The Balaban J connectivity index is 1.85. The van der Waals surface area contributed by atoms with Gasteiger partial charge in [0.05, 0.1) is 25.7 Å². The van der Waals surface area contributed by atoms with E-state index in [1.165, 1.54) is 0 Å². The van der Waals surface area contributed by atoms with Gasteiger partial charge in [0.25, 0.3) is 0 Å². The van der Waals surface area contributed by atoms with Gasteiger partial charge in [0, 0.05) is 25.1 Å². The molecule has 2 rings (SSSR count). The molecule has 136 valence electrons. The van der Waals surface area contributed by atoms with E-state index in [9.17, 15) is 14.4 Å². The van der Waals surface area contributed by atoms with Crippen molar-refractivity contribution in [2.75, 3.05) is 24.7 Å². The molecule has 0 bridgehead atoms. The standard InChI is InChI=1S/C18H24N2O5/c1-3-24-15-7-5-14(6-8-15)20-12-13(11-17(20)22)19-16(21)9-10-18(23)25-4-2/h5-8,13H,3-4,9-12H2,1-2H3,(H,19,21)/t13-/m1/s1. The summed E-state index contributed by atoms with van der Waals surface area (Å²) in [7, 11) is 0. The Labute approximate surface area is 147 Å². The van der Waals surface area contributed by atoms with Crippen LogP contribution in [0.2, 0.25) is 0 Å². The molecular weight excluding hydrogens is 324 g/mol. The molecule has 0 aromatic heterocycles. The molecule has 0 aliphatic carbocycles. The van der Waals surface area contributed by atoms with Crippen LogP contribution in [0.15, 0.2) is 24.3 Å². The molecule has 7 heteroatoms. The van der Waals surface area contributed by atoms with Crippen molar-refractivity contribution in [3.05, 3.63) is 24.3 Å². The Hall–Kier alpha value is -2.57. The van der Waals surface area contributed by atoms with E-state index in [4.69, 9.17) is 9.47 Å². The van der Waals surface area contributed by atoms with E-state index in [-0.39, 0.29) is 37.1 Å². The Morgan fingerprint density at radius 1 is 1.16 bits per heavy atom. The zero-order valence-electron chi connectivity index (χ0n) is 14.6. The molecule has 1 heterocycles. The van der Waals surface area contributed by atoms with Crippen molar-refractivity contribution < 1.29 is 23.9 Å². The van der Waals surface area contributed by atoms with Crippen LogP contribution in [0.25, 0.3) is 0 Å². The molecule has 2 amide bonds. The summed E-state index contributed by atoms with van der Waals surface area (Å²) < 4.78 is 10.2. The first-order valence-electron chi connectivity index (χ1n) is 8.51. The molecule has 0 spiro atoms. The number of hydrogen-bond acceptors (Lipinski definition) is 5. The van der Waals surface area contributed by atoms with Crippen LogP contribution in [0, 0.1) is 0 Å². The molecule has 1 aliphatic rings. The first-order valence-corrected chi connectivity index (χ1v) is 8.51. The predicted molar refractivity (Wildman–Crippen MR) is 92.4 cm³/mol. The molecule has 1 fully saturated rings. The summed E-state index contributed by atoms with van der Waals surface area (Å²) in [6.07, 6.45) is 0.355. The van der Waals surface area contributed by atoms with Gasteiger partial charge in [0.2, 0.25) is 11.8 Å². The summed E-state index contributed by atoms with van der Waals surface area (Å²) in [4.78, 5) is 37.0. The molecule has 1 saturated heterocycles. The van der Waals surface area contributed by atoms with Crippen molar-refractivity contribution in [2.45, 2.75) is 39.2 Å². The maximum absolute atomic E-state index is 12.2. The number of carbonyl (C=O) groups excluding carboxylic acids is 3. The van der Waals surface area contributed by atoms with Crippen molar-refractivity contribution in [2.24, 2.45) is 0 Å². The van der Waals surface area contributed by atoms with Gasteiger partial charge in [-0.3, -0.25) is 14.4 Å². The molecule has 25 heavy (non-hydrogen) atoms. The normalized spacial score (nSPS) is 16.6. The number of rotatable bonds is 8. The summed E-state index contributed by atoms with van der Waals surface area (Å²) in [6.45, 7) is 4.93. The minimum absolute atomic E-state index is 0.0418. The minimum Gasteiger partial charge on any atom is -0.494 e. The highest BCUT2D eigenvalue weighted by molar-refractivity contribution is 5.97. The summed E-state index contributed by atoms with van der Waals surface area (Å²) >= 11 is 0. The molecule has 0 radical (unpaired) electrons. The molecule has 1 N–H and O–H groups in total. The summed E-state index contributed by atoms with van der Waals surface area (Å²) in [5.41, 5.74) is 0.775. The van der Waals surface area contributed by atoms with Crippen LogP contribution in [-0.4, -0.2) is 43.6 Å². The minimum atomic E-state index is -0.392. The van der Waals surface area contributed by atoms with Crippen LogP contribution in [0.4, 0.5) is 5.69 Å². The van der Waals surface area contributed by atoms with Gasteiger partial charge in [-0.2, -0.15) is 0 Å². The fourth-order valence-electron chi connectivity index (χ4n) is 2.69. The maximum atomic E-state index is 12.2. The first kappa shape index (κ1) is 18.8. The Kier molecular flexibility index (Phi) is 6.80. The number of nitrogens with one attached hydrogen (secondary N) is 1. The average molecular weight is 348 g/mol. The van der Waals surface area contributed by atoms with Gasteiger partial charge >= 0.3 is 5.97 Å². The van der Waals surface area contributed by atoms with Crippen molar-refractivity contribution in [1.29, 1.82) is 0 Å². The van der Waals surface area contributed by atoms with Crippen molar-refractivity contribution >= 4 is 23.5 Å². The molecule has 1 aliphatic heterocycles. The zero-order chi connectivity index (χ0) is 18.2. The number of nitrogens with zero attached hydrogens (tertiary/aromatic N) is 1. The van der Waals surface area contributed by atoms with Gasteiger partial charge in [-0.25, -0.2) is 0 Å². The van der Waals surface area contributed by atoms with Crippen molar-refractivity contribution in [3.8, 4) is 5.75 Å². The smallest absolute Gasteiger partial charge is 0.306 e. The molecule has 0 saturated carbocycles. The highest BCUT2D eigenvalue weighted by atomic mass is 16.5. The van der Waals surface area contributed by atoms with Gasteiger partial charge in [-0.15, -0.1) is 0 Å². The lowest BCUT2D eigenvalue weighted by Gasteiger charge is -2.17. The number of ether oxygens (including phenoxy) is 2. The Bertz CT molecular complexity index is 614. The fourth-order valence-corrected chi connectivity index (χ4v) is 2.69. The van der Waals surface area contributed by atoms with E-state index >= 15 is 0 Å². The summed E-state index contributed by atoms with van der Waals surface area (Å²) in [5, 5.41) is 2.80. The average Bonchev–Trinajstić information content (AvgIpc) is 2.94. The van der Waals surface area contributed by atoms with E-state index in [0.717, 1.165) is 11.4 Å². The van der Waals surface area contributed by atoms with Gasteiger partial charge in [-0.05, 0) is 38.1 Å². The SMILES string of the molecule is CCOC(=O)CCC(=O)N[C@@H]1CC(=O)N(c2ccc(OCC)cc2)C1. The van der Waals surface area contributed by atoms with Crippen molar-refractivity contribution in [1.82, 2.24) is 5.32 Å². The predicted octanol–water partition coefficient (Wildman–Crippen LogP) is 1.65. The number of anilines is 1. The van der Waals surface area contributed by atoms with Crippen LogP contribution < -0.4 is 15.0 Å². The van der Waals surface area contributed by atoms with Gasteiger partial charge in [-0.1, -0.05) is 0 Å². The largest absolute Gasteiger partial charge is 0.494 e. The quantitative estimate of drug-likeness (QED) is 0.722. The van der Waals surface area contributed by atoms with E-state index in [1.54, 1.807) is 11.8 Å². The molecule has 0 unspecified atom stereocenters. The zero-order valence-corrected chi connectivity index (χ0v) is 14.6. The molecule has 1 aromatic carbocycles. The van der Waals surface area contributed by atoms with E-state index in [0.29, 0.717) is 19.8 Å². The number of benzene rings is 1. The third-order valence-corrected chi connectivity index (χ3v) is 3.81. The van der Waals surface area contributed by atoms with Crippen LogP contribution in [0.3, 0.4) is 0 Å². The van der Waals surface area contributed by atoms with Crippen molar-refractivity contribution in [3.63, 3.8) is 0 Å². The monoisotopic (exact) mass is 348 g/mol. The van der Waals surface area contributed by atoms with Crippen LogP contribution in [-0.2, 0) is 19.1 Å². The van der Waals surface area contributed by atoms with Crippen LogP contribution >= 0.6 is 0 Å². The van der Waals surface area contributed by atoms with E-state index in [2.05, 4.69) is 5.32 Å². The number of esters is 1. The van der Waals surface area contributed by atoms with Gasteiger partial charge in [0.15, 0.2) is 0 Å². The highest BCUT2D eigenvalue weighted by Gasteiger charge is 2.31. The maximum Gasteiger partial charge on any atom is 0.306 e. The summed E-state index contributed by atoms with van der Waals surface area (Å²) in [6, 6.07) is 7.03. The summed E-state index contributed by atoms with van der Waals surface area (Å²) in [5.74, 6) is 0.0668. The molecule has 7 nitrogen and oxygen atoms in total. The second-order valence-electron chi connectivity index (χ2n) is 5.70. The van der Waals surface area contributed by atoms with Gasteiger partial charge in [0.1, 0.15) is 5.75 Å². The molecular formula is C18H24N2O5. The first-order chi connectivity index (χ1) is 12.0. The highest BCUT2D eigenvalue weighted by Crippen LogP contribution is 2.24. The Morgan fingerprint density at radius 2 is 1.88 bits per heavy atom. The molecule has 1 atom stereocenters. The van der Waals surface area contributed by atoms with Crippen LogP contribution in [0.5, 0.6) is 5.75 Å². The topological polar surface area (TPSA) is 84.9 Å². The van der Waals surface area contributed by atoms with Gasteiger partial charge < -0.3 is 19.7 Å². The third kappa shape index (κ3) is 5.48. The second-order valence-corrected chi connectivity index (χ2v) is 5.70. The van der Waals surface area contributed by atoms with E-state index in [1.807, 2.05) is 31.2 Å². The lowest BCUT2D eigenvalue weighted by atomic mass is 10.2. The lowest BCUT2D eigenvalue weighted by molar-refractivity contribution is -0.144. The number of amides is 2. The number of carbonyl (C=O) groups is 3. The lowest BCUT2D eigenvalue weighted by Crippen LogP contribution is -2.37. The van der Waals surface area contributed by atoms with Crippen LogP contribution in [0.1, 0.15) is 33.1 Å². The molecule has 1 aromatic rings. The third-order valence-electron chi connectivity index (χ3n) is 3.81. The van der Waals surface area contributed by atoms with E-state index < -0.39 is 5.97 Å².